The summed E-state index contributed by atoms with van der Waals surface area (Å²) in [7, 11) is 0. The van der Waals surface area contributed by atoms with Crippen LogP contribution in [-0.4, -0.2) is 35.4 Å². The van der Waals surface area contributed by atoms with Crippen LogP contribution in [0.5, 0.6) is 0 Å². The van der Waals surface area contributed by atoms with Crippen molar-refractivity contribution in [1.29, 1.82) is 0 Å². The predicted molar refractivity (Wildman–Crippen MR) is 54.7 cm³/mol. The zero-order chi connectivity index (χ0) is 11.3. The average Bonchev–Trinajstić information content (AvgIpc) is 2.75. The van der Waals surface area contributed by atoms with Gasteiger partial charge in [-0.05, 0) is 13.3 Å². The zero-order valence-corrected chi connectivity index (χ0v) is 9.16. The van der Waals surface area contributed by atoms with E-state index in [4.69, 9.17) is 9.59 Å². The Morgan fingerprint density at radius 2 is 2.33 bits per heavy atom. The van der Waals surface area contributed by atoms with Crippen LogP contribution in [0.4, 0.5) is 5.13 Å². The van der Waals surface area contributed by atoms with Gasteiger partial charge in [-0.15, -0.1) is 11.3 Å². The van der Waals surface area contributed by atoms with Crippen molar-refractivity contribution in [3.63, 3.8) is 0 Å². The first-order valence-corrected chi connectivity index (χ1v) is 5.39. The molecule has 6 heteroatoms. The van der Waals surface area contributed by atoms with Crippen molar-refractivity contribution < 1.29 is 14.7 Å². The van der Waals surface area contributed by atoms with Gasteiger partial charge in [0.1, 0.15) is 0 Å². The minimum absolute atomic E-state index is 0.158. The maximum absolute atomic E-state index is 9.30. The van der Waals surface area contributed by atoms with Gasteiger partial charge in [0.05, 0.1) is 11.8 Å². The van der Waals surface area contributed by atoms with E-state index < -0.39 is 0 Å². The summed E-state index contributed by atoms with van der Waals surface area (Å²) in [5, 5.41) is 12.4. The molecule has 2 rings (SSSR count). The van der Waals surface area contributed by atoms with E-state index in [1.54, 1.807) is 11.3 Å². The van der Waals surface area contributed by atoms with Crippen LogP contribution in [0, 0.1) is 6.92 Å². The molecule has 1 aromatic rings. The van der Waals surface area contributed by atoms with Crippen molar-refractivity contribution in [3.8, 4) is 0 Å². The van der Waals surface area contributed by atoms with Gasteiger partial charge in [0.15, 0.2) is 5.13 Å². The minimum Gasteiger partial charge on any atom is -0.391 e. The Balaban J connectivity index is 0.000000337. The molecule has 1 atom stereocenters. The highest BCUT2D eigenvalue weighted by molar-refractivity contribution is 7.13. The van der Waals surface area contributed by atoms with E-state index >= 15 is 0 Å². The Morgan fingerprint density at radius 3 is 2.73 bits per heavy atom. The smallest absolute Gasteiger partial charge is 0.373 e. The fourth-order valence-electron chi connectivity index (χ4n) is 1.40. The number of aliphatic hydroxyl groups excluding tert-OH is 1. The van der Waals surface area contributed by atoms with Crippen molar-refractivity contribution in [2.45, 2.75) is 19.4 Å². The van der Waals surface area contributed by atoms with E-state index in [0.717, 1.165) is 30.3 Å². The quantitative estimate of drug-likeness (QED) is 0.755. The standard InChI is InChI=1S/C8H12N2OS.CO2/c1-6-5-12-8(9-6)10-3-2-7(11)4-10;2-1-3/h5,7,11H,2-4H2,1H3;/t7-;/m1./s1. The van der Waals surface area contributed by atoms with E-state index in [-0.39, 0.29) is 12.3 Å². The highest BCUT2D eigenvalue weighted by Crippen LogP contribution is 2.23. The number of nitrogens with zero attached hydrogens (tertiary/aromatic N) is 2. The molecule has 1 aromatic heterocycles. The molecule has 0 bridgehead atoms. The number of aryl methyl sites for hydroxylation is 1. The number of aliphatic hydroxyl groups is 1. The van der Waals surface area contributed by atoms with Gasteiger partial charge in [0, 0.05) is 18.5 Å². The number of thiazole rings is 1. The van der Waals surface area contributed by atoms with Crippen molar-refractivity contribution >= 4 is 22.6 Å². The van der Waals surface area contributed by atoms with Crippen molar-refractivity contribution in [2.75, 3.05) is 18.0 Å². The number of aromatic nitrogens is 1. The molecular formula is C9H12N2O3S. The molecule has 1 saturated heterocycles. The second-order valence-corrected chi connectivity index (χ2v) is 4.08. The van der Waals surface area contributed by atoms with Crippen LogP contribution in [0.3, 0.4) is 0 Å². The molecule has 82 valence electrons. The lowest BCUT2D eigenvalue weighted by Crippen LogP contribution is -2.20. The maximum atomic E-state index is 9.30. The third-order valence-corrected chi connectivity index (χ3v) is 3.06. The summed E-state index contributed by atoms with van der Waals surface area (Å²) in [4.78, 5) is 22.8. The molecule has 0 aromatic carbocycles. The highest BCUT2D eigenvalue weighted by Gasteiger charge is 2.21. The van der Waals surface area contributed by atoms with E-state index in [1.807, 2.05) is 12.3 Å². The Bertz CT molecular complexity index is 347. The van der Waals surface area contributed by atoms with Gasteiger partial charge in [-0.1, -0.05) is 0 Å². The molecule has 0 aliphatic carbocycles. The number of carbonyl (C=O) groups excluding carboxylic acids is 2. The predicted octanol–water partition coefficient (Wildman–Crippen LogP) is 0.439. The number of anilines is 1. The van der Waals surface area contributed by atoms with Gasteiger partial charge in [-0.2, -0.15) is 9.59 Å². The van der Waals surface area contributed by atoms with Crippen LogP contribution in [-0.2, 0) is 9.59 Å². The molecule has 1 N–H and O–H groups in total. The van der Waals surface area contributed by atoms with Gasteiger partial charge in [-0.25, -0.2) is 4.98 Å². The van der Waals surface area contributed by atoms with Crippen molar-refractivity contribution in [3.05, 3.63) is 11.1 Å². The first-order chi connectivity index (χ1) is 7.17. The first kappa shape index (κ1) is 11.8. The minimum atomic E-state index is -0.158. The zero-order valence-electron chi connectivity index (χ0n) is 8.34. The molecule has 1 aliphatic heterocycles. The summed E-state index contributed by atoms with van der Waals surface area (Å²) in [6.07, 6.45) is 0.965. The molecule has 0 radical (unpaired) electrons. The molecule has 0 unspecified atom stereocenters. The maximum Gasteiger partial charge on any atom is 0.373 e. The second kappa shape index (κ2) is 5.60. The normalized spacial score (nSPS) is 19.3. The molecule has 0 spiro atoms. The van der Waals surface area contributed by atoms with Gasteiger partial charge in [0.2, 0.25) is 0 Å². The topological polar surface area (TPSA) is 70.5 Å². The summed E-state index contributed by atoms with van der Waals surface area (Å²) < 4.78 is 0. The van der Waals surface area contributed by atoms with Crippen LogP contribution in [0.1, 0.15) is 12.1 Å². The Morgan fingerprint density at radius 1 is 1.67 bits per heavy atom. The SMILES string of the molecule is Cc1csc(N2CC[C@@H](O)C2)n1.O=C=O. The summed E-state index contributed by atoms with van der Waals surface area (Å²) in [6.45, 7) is 3.67. The fraction of sp³-hybridized carbons (Fsp3) is 0.556. The van der Waals surface area contributed by atoms with Crippen LogP contribution >= 0.6 is 11.3 Å². The number of β-amino-alcohol motifs (C(OH)–C–C–N with tert-alkyl or cyclic N) is 1. The summed E-state index contributed by atoms with van der Waals surface area (Å²) >= 11 is 1.65. The van der Waals surface area contributed by atoms with E-state index in [2.05, 4.69) is 9.88 Å². The second-order valence-electron chi connectivity index (χ2n) is 3.24. The van der Waals surface area contributed by atoms with Crippen molar-refractivity contribution in [2.24, 2.45) is 0 Å². The van der Waals surface area contributed by atoms with Crippen LogP contribution < -0.4 is 4.90 Å². The van der Waals surface area contributed by atoms with Gasteiger partial charge in [0.25, 0.3) is 0 Å². The van der Waals surface area contributed by atoms with E-state index in [9.17, 15) is 5.11 Å². The Kier molecular flexibility index (Phi) is 4.42. The lowest BCUT2D eigenvalue weighted by molar-refractivity contribution is -0.191. The van der Waals surface area contributed by atoms with E-state index in [1.165, 1.54) is 0 Å². The summed E-state index contributed by atoms with van der Waals surface area (Å²) in [6, 6.07) is 0. The molecule has 2 heterocycles. The Labute approximate surface area is 91.4 Å². The summed E-state index contributed by atoms with van der Waals surface area (Å²) in [5.74, 6) is 0. The molecular weight excluding hydrogens is 216 g/mol. The molecule has 0 saturated carbocycles. The molecule has 5 nitrogen and oxygen atoms in total. The number of rotatable bonds is 1. The van der Waals surface area contributed by atoms with Gasteiger partial charge < -0.3 is 10.0 Å². The number of hydrogen-bond donors (Lipinski definition) is 1. The van der Waals surface area contributed by atoms with Crippen LogP contribution in [0.25, 0.3) is 0 Å². The number of hydrogen-bond acceptors (Lipinski definition) is 6. The lowest BCUT2D eigenvalue weighted by Gasteiger charge is -2.12. The average molecular weight is 228 g/mol. The molecule has 1 aliphatic rings. The van der Waals surface area contributed by atoms with Crippen molar-refractivity contribution in [1.82, 2.24) is 4.98 Å². The van der Waals surface area contributed by atoms with Crippen LogP contribution in [0.2, 0.25) is 0 Å². The lowest BCUT2D eigenvalue weighted by atomic mass is 10.3. The fourth-order valence-corrected chi connectivity index (χ4v) is 2.24. The largest absolute Gasteiger partial charge is 0.391 e. The molecule has 1 fully saturated rings. The summed E-state index contributed by atoms with van der Waals surface area (Å²) in [5.41, 5.74) is 1.07. The molecule has 0 amide bonds. The van der Waals surface area contributed by atoms with Gasteiger partial charge in [-0.3, -0.25) is 0 Å². The van der Waals surface area contributed by atoms with E-state index in [0.29, 0.717) is 0 Å². The van der Waals surface area contributed by atoms with Crippen LogP contribution in [0.15, 0.2) is 5.38 Å². The third kappa shape index (κ3) is 3.43. The highest BCUT2D eigenvalue weighted by atomic mass is 32.1. The molecule has 15 heavy (non-hydrogen) atoms. The first-order valence-electron chi connectivity index (χ1n) is 4.51. The van der Waals surface area contributed by atoms with Gasteiger partial charge >= 0.3 is 6.15 Å². The third-order valence-electron chi connectivity index (χ3n) is 2.04. The monoisotopic (exact) mass is 228 g/mol. The Hall–Kier alpha value is -1.23.